The number of thiocarbonyl (C=S) groups is 1. The first-order chi connectivity index (χ1) is 12.8. The fraction of sp³-hybridized carbons (Fsp3) is 0.211. The Kier molecular flexibility index (Phi) is 7.15. The normalized spacial score (nSPS) is 10.4. The Labute approximate surface area is 167 Å². The van der Waals surface area contributed by atoms with Crippen molar-refractivity contribution in [2.45, 2.75) is 13.8 Å². The van der Waals surface area contributed by atoms with Crippen LogP contribution in [0.15, 0.2) is 42.5 Å². The predicted molar refractivity (Wildman–Crippen MR) is 109 cm³/mol. The number of anilines is 1. The molecule has 0 saturated heterocycles. The number of hydrogen-bond donors (Lipinski definition) is 3. The van der Waals surface area contributed by atoms with E-state index in [2.05, 4.69) is 24.5 Å². The molecule has 2 aromatic carbocycles. The van der Waals surface area contributed by atoms with Gasteiger partial charge in [-0.1, -0.05) is 25.4 Å². The highest BCUT2D eigenvalue weighted by Crippen LogP contribution is 2.20. The van der Waals surface area contributed by atoms with Gasteiger partial charge in [-0.15, -0.1) is 0 Å². The largest absolute Gasteiger partial charge is 0.493 e. The molecule has 0 unspecified atom stereocenters. The van der Waals surface area contributed by atoms with Gasteiger partial charge in [-0.05, 0) is 60.6 Å². The van der Waals surface area contributed by atoms with Crippen LogP contribution in [-0.4, -0.2) is 28.7 Å². The van der Waals surface area contributed by atoms with Crippen molar-refractivity contribution in [2.75, 3.05) is 11.9 Å². The highest BCUT2D eigenvalue weighted by atomic mass is 35.5. The topological polar surface area (TPSA) is 87.7 Å². The zero-order valence-electron chi connectivity index (χ0n) is 14.8. The van der Waals surface area contributed by atoms with E-state index in [4.69, 9.17) is 33.7 Å². The molecule has 0 aliphatic rings. The number of amides is 1. The molecule has 0 aliphatic heterocycles. The molecule has 0 atom stereocenters. The highest BCUT2D eigenvalue weighted by Gasteiger charge is 2.12. The fourth-order valence-electron chi connectivity index (χ4n) is 2.07. The molecule has 142 valence electrons. The van der Waals surface area contributed by atoms with Gasteiger partial charge >= 0.3 is 5.97 Å². The first-order valence-corrected chi connectivity index (χ1v) is 8.93. The Morgan fingerprint density at radius 1 is 1.19 bits per heavy atom. The lowest BCUT2D eigenvalue weighted by Crippen LogP contribution is -2.34. The third-order valence-electron chi connectivity index (χ3n) is 3.38. The van der Waals surface area contributed by atoms with Crippen LogP contribution in [0, 0.1) is 5.92 Å². The Morgan fingerprint density at radius 3 is 2.44 bits per heavy atom. The summed E-state index contributed by atoms with van der Waals surface area (Å²) in [5.41, 5.74) is 0.755. The second-order valence-corrected chi connectivity index (χ2v) is 6.95. The maximum absolute atomic E-state index is 12.3. The maximum Gasteiger partial charge on any atom is 0.337 e. The Bertz CT molecular complexity index is 853. The first kappa shape index (κ1) is 20.7. The van der Waals surface area contributed by atoms with Gasteiger partial charge in [-0.3, -0.25) is 10.1 Å². The van der Waals surface area contributed by atoms with Gasteiger partial charge in [0.05, 0.1) is 17.2 Å². The Balaban J connectivity index is 1.96. The van der Waals surface area contributed by atoms with Crippen molar-refractivity contribution in [3.05, 3.63) is 58.6 Å². The number of ether oxygens (including phenoxy) is 1. The van der Waals surface area contributed by atoms with E-state index in [9.17, 15) is 9.59 Å². The summed E-state index contributed by atoms with van der Waals surface area (Å²) in [6, 6.07) is 11.0. The van der Waals surface area contributed by atoms with Gasteiger partial charge in [0.2, 0.25) is 0 Å². The Hall–Kier alpha value is -2.64. The second-order valence-electron chi connectivity index (χ2n) is 6.14. The van der Waals surface area contributed by atoms with Crippen molar-refractivity contribution < 1.29 is 19.4 Å². The number of aromatic carboxylic acids is 1. The minimum atomic E-state index is -1.15. The molecule has 0 radical (unpaired) electrons. The standard InChI is InChI=1S/C19H19ClN2O4S/c1-11(2)10-26-14-6-3-12(4-7-14)17(23)22-19(27)21-13-5-8-16(20)15(9-13)18(24)25/h3-9,11H,10H2,1-2H3,(H,24,25)(H2,21,22,23,27). The molecular formula is C19H19ClN2O4S. The zero-order chi connectivity index (χ0) is 20.0. The number of halogens is 1. The summed E-state index contributed by atoms with van der Waals surface area (Å²) in [7, 11) is 0. The molecule has 2 aromatic rings. The van der Waals surface area contributed by atoms with Crippen molar-refractivity contribution >= 4 is 46.5 Å². The minimum absolute atomic E-state index is 0.0406. The van der Waals surface area contributed by atoms with Gasteiger partial charge in [0.1, 0.15) is 5.75 Å². The maximum atomic E-state index is 12.3. The number of nitrogens with one attached hydrogen (secondary N) is 2. The first-order valence-electron chi connectivity index (χ1n) is 8.14. The van der Waals surface area contributed by atoms with E-state index in [1.807, 2.05) is 0 Å². The van der Waals surface area contributed by atoms with Gasteiger partial charge in [0.15, 0.2) is 5.11 Å². The lowest BCUT2D eigenvalue weighted by atomic mass is 10.2. The smallest absolute Gasteiger partial charge is 0.337 e. The average molecular weight is 407 g/mol. The van der Waals surface area contributed by atoms with Crippen LogP contribution in [0.2, 0.25) is 5.02 Å². The number of benzene rings is 2. The third kappa shape index (κ3) is 6.23. The molecule has 0 bridgehead atoms. The lowest BCUT2D eigenvalue weighted by Gasteiger charge is -2.11. The van der Waals surface area contributed by atoms with E-state index < -0.39 is 11.9 Å². The molecule has 1 amide bonds. The molecule has 0 aliphatic carbocycles. The quantitative estimate of drug-likeness (QED) is 0.623. The number of carbonyl (C=O) groups is 2. The summed E-state index contributed by atoms with van der Waals surface area (Å²) in [6.45, 7) is 4.70. The number of rotatable bonds is 6. The van der Waals surface area contributed by atoms with E-state index in [-0.39, 0.29) is 15.7 Å². The van der Waals surface area contributed by atoms with Crippen LogP contribution in [0.4, 0.5) is 5.69 Å². The van der Waals surface area contributed by atoms with E-state index >= 15 is 0 Å². The number of hydrogen-bond acceptors (Lipinski definition) is 4. The third-order valence-corrected chi connectivity index (χ3v) is 3.92. The van der Waals surface area contributed by atoms with Crippen LogP contribution in [0.5, 0.6) is 5.75 Å². The van der Waals surface area contributed by atoms with Crippen molar-refractivity contribution in [1.29, 1.82) is 0 Å². The summed E-state index contributed by atoms with van der Waals surface area (Å²) >= 11 is 10.9. The van der Waals surface area contributed by atoms with Crippen LogP contribution in [0.25, 0.3) is 0 Å². The molecular weight excluding hydrogens is 388 g/mol. The monoisotopic (exact) mass is 406 g/mol. The van der Waals surface area contributed by atoms with Crippen molar-refractivity contribution in [1.82, 2.24) is 5.32 Å². The van der Waals surface area contributed by atoms with E-state index in [1.54, 1.807) is 30.3 Å². The average Bonchev–Trinajstić information content (AvgIpc) is 2.61. The van der Waals surface area contributed by atoms with Crippen LogP contribution in [-0.2, 0) is 0 Å². The van der Waals surface area contributed by atoms with Crippen molar-refractivity contribution in [3.8, 4) is 5.75 Å². The van der Waals surface area contributed by atoms with Gasteiger partial charge in [-0.25, -0.2) is 4.79 Å². The highest BCUT2D eigenvalue weighted by molar-refractivity contribution is 7.80. The molecule has 6 nitrogen and oxygen atoms in total. The molecule has 8 heteroatoms. The molecule has 2 rings (SSSR count). The summed E-state index contributed by atoms with van der Waals surface area (Å²) in [5.74, 6) is -0.456. The SMILES string of the molecule is CC(C)COc1ccc(C(=O)NC(=S)Nc2ccc(Cl)c(C(=O)O)c2)cc1. The molecule has 0 aromatic heterocycles. The number of carbonyl (C=O) groups excluding carboxylic acids is 1. The summed E-state index contributed by atoms with van der Waals surface area (Å²) in [5, 5.41) is 14.5. The predicted octanol–water partition coefficient (Wildman–Crippen LogP) is 4.20. The number of carboxylic acids is 1. The van der Waals surface area contributed by atoms with Crippen molar-refractivity contribution in [2.24, 2.45) is 5.92 Å². The lowest BCUT2D eigenvalue weighted by molar-refractivity contribution is 0.0697. The fourth-order valence-corrected chi connectivity index (χ4v) is 2.48. The van der Waals surface area contributed by atoms with Crippen molar-refractivity contribution in [3.63, 3.8) is 0 Å². The molecule has 3 N–H and O–H groups in total. The van der Waals surface area contributed by atoms with Gasteiger partial charge in [-0.2, -0.15) is 0 Å². The molecule has 0 heterocycles. The van der Waals surface area contributed by atoms with E-state index in [0.717, 1.165) is 0 Å². The molecule has 0 spiro atoms. The van der Waals surface area contributed by atoms with Crippen LogP contribution in [0.1, 0.15) is 34.6 Å². The van der Waals surface area contributed by atoms with E-state index in [0.29, 0.717) is 29.5 Å². The zero-order valence-corrected chi connectivity index (χ0v) is 16.4. The van der Waals surface area contributed by atoms with Crippen LogP contribution in [0.3, 0.4) is 0 Å². The van der Waals surface area contributed by atoms with Crippen LogP contribution < -0.4 is 15.4 Å². The minimum Gasteiger partial charge on any atom is -0.493 e. The van der Waals surface area contributed by atoms with Gasteiger partial charge in [0, 0.05) is 11.3 Å². The van der Waals surface area contributed by atoms with E-state index in [1.165, 1.54) is 12.1 Å². The van der Waals surface area contributed by atoms with Gasteiger partial charge in [0.25, 0.3) is 5.91 Å². The molecule has 0 saturated carbocycles. The molecule has 27 heavy (non-hydrogen) atoms. The van der Waals surface area contributed by atoms with Crippen LogP contribution >= 0.6 is 23.8 Å². The second kappa shape index (κ2) is 9.34. The Morgan fingerprint density at radius 2 is 1.85 bits per heavy atom. The summed E-state index contributed by atoms with van der Waals surface area (Å²) in [6.07, 6.45) is 0. The number of carboxylic acid groups (broad SMARTS) is 1. The van der Waals surface area contributed by atoms with Gasteiger partial charge < -0.3 is 15.2 Å². The molecule has 0 fully saturated rings. The summed E-state index contributed by atoms with van der Waals surface area (Å²) < 4.78 is 5.57. The summed E-state index contributed by atoms with van der Waals surface area (Å²) in [4.78, 5) is 23.4.